The number of non-ortho nitro benzene ring substituents is 1. The van der Waals surface area contributed by atoms with Crippen molar-refractivity contribution in [2.75, 3.05) is 22.4 Å². The Kier molecular flexibility index (Phi) is 5.07. The molecule has 1 N–H and O–H groups in total. The standard InChI is InChI=1S/C21H17N3O6S/c1-31(28,29)23(15-5-4-6-16(12-15)24(26)27)13-21(25)22-14-9-10-18-17-7-2-3-8-19(17)30-20(18)11-14/h2-12H,13H2,1H3,(H,22,25). The van der Waals surface area contributed by atoms with Gasteiger partial charge in [0.05, 0.1) is 16.9 Å². The van der Waals surface area contributed by atoms with Crippen LogP contribution in [-0.4, -0.2) is 32.0 Å². The van der Waals surface area contributed by atoms with E-state index in [2.05, 4.69) is 5.32 Å². The van der Waals surface area contributed by atoms with Gasteiger partial charge in [0.1, 0.15) is 17.7 Å². The lowest BCUT2D eigenvalue weighted by atomic mass is 10.1. The number of anilines is 2. The number of fused-ring (bicyclic) bond motifs is 3. The zero-order valence-electron chi connectivity index (χ0n) is 16.3. The summed E-state index contributed by atoms with van der Waals surface area (Å²) in [5.41, 5.74) is 1.48. The number of carbonyl (C=O) groups excluding carboxylic acids is 1. The molecule has 3 aromatic carbocycles. The fourth-order valence-corrected chi connectivity index (χ4v) is 4.14. The highest BCUT2D eigenvalue weighted by molar-refractivity contribution is 7.92. The van der Waals surface area contributed by atoms with E-state index in [4.69, 9.17) is 4.42 Å². The van der Waals surface area contributed by atoms with Crippen LogP contribution in [-0.2, 0) is 14.8 Å². The van der Waals surface area contributed by atoms with Crippen molar-refractivity contribution in [1.29, 1.82) is 0 Å². The molecular weight excluding hydrogens is 422 g/mol. The Morgan fingerprint density at radius 2 is 1.77 bits per heavy atom. The summed E-state index contributed by atoms with van der Waals surface area (Å²) in [7, 11) is -3.87. The number of furan rings is 1. The normalized spacial score (nSPS) is 11.5. The Labute approximate surface area is 177 Å². The molecule has 0 radical (unpaired) electrons. The fourth-order valence-electron chi connectivity index (χ4n) is 3.30. The molecule has 0 bridgehead atoms. The van der Waals surface area contributed by atoms with Gasteiger partial charge in [-0.15, -0.1) is 0 Å². The second-order valence-corrected chi connectivity index (χ2v) is 8.81. The number of hydrogen-bond acceptors (Lipinski definition) is 6. The predicted octanol–water partition coefficient (Wildman–Crippen LogP) is 3.90. The van der Waals surface area contributed by atoms with Crippen molar-refractivity contribution < 1.29 is 22.6 Å². The SMILES string of the molecule is CS(=O)(=O)N(CC(=O)Nc1ccc2c(c1)oc1ccccc12)c1cccc([N+](=O)[O-])c1. The summed E-state index contributed by atoms with van der Waals surface area (Å²) < 4.78 is 31.1. The maximum atomic E-state index is 12.6. The number of nitrogens with one attached hydrogen (secondary N) is 1. The van der Waals surface area contributed by atoms with Crippen molar-refractivity contribution in [3.05, 3.63) is 76.8 Å². The molecule has 31 heavy (non-hydrogen) atoms. The molecule has 0 atom stereocenters. The van der Waals surface area contributed by atoms with E-state index in [-0.39, 0.29) is 11.4 Å². The summed E-state index contributed by atoms with van der Waals surface area (Å²) >= 11 is 0. The quantitative estimate of drug-likeness (QED) is 0.359. The van der Waals surface area contributed by atoms with Crippen LogP contribution in [0.3, 0.4) is 0 Å². The third kappa shape index (κ3) is 4.19. The van der Waals surface area contributed by atoms with E-state index in [1.54, 1.807) is 12.1 Å². The van der Waals surface area contributed by atoms with Gasteiger partial charge in [0.15, 0.2) is 0 Å². The first kappa shape index (κ1) is 20.4. The van der Waals surface area contributed by atoms with Crippen molar-refractivity contribution in [3.8, 4) is 0 Å². The average Bonchev–Trinajstić information content (AvgIpc) is 3.09. The van der Waals surface area contributed by atoms with Crippen LogP contribution in [0.15, 0.2) is 71.1 Å². The van der Waals surface area contributed by atoms with E-state index in [0.29, 0.717) is 11.3 Å². The molecule has 0 spiro atoms. The third-order valence-corrected chi connectivity index (χ3v) is 5.82. The van der Waals surface area contributed by atoms with Crippen molar-refractivity contribution in [2.24, 2.45) is 0 Å². The first-order chi connectivity index (χ1) is 14.7. The molecule has 1 aromatic heterocycles. The Morgan fingerprint density at radius 1 is 1.03 bits per heavy atom. The number of nitrogens with zero attached hydrogens (tertiary/aromatic N) is 2. The second kappa shape index (κ2) is 7.73. The highest BCUT2D eigenvalue weighted by Gasteiger charge is 2.23. The predicted molar refractivity (Wildman–Crippen MR) is 118 cm³/mol. The van der Waals surface area contributed by atoms with Crippen LogP contribution in [0.2, 0.25) is 0 Å². The maximum absolute atomic E-state index is 12.6. The van der Waals surface area contributed by atoms with E-state index >= 15 is 0 Å². The van der Waals surface area contributed by atoms with Crippen LogP contribution >= 0.6 is 0 Å². The minimum Gasteiger partial charge on any atom is -0.456 e. The fraction of sp³-hybridized carbons (Fsp3) is 0.0952. The minimum atomic E-state index is -3.87. The highest BCUT2D eigenvalue weighted by Crippen LogP contribution is 2.30. The molecular formula is C21H17N3O6S. The molecule has 4 rings (SSSR count). The van der Waals surface area contributed by atoms with Crippen molar-refractivity contribution in [2.45, 2.75) is 0 Å². The second-order valence-electron chi connectivity index (χ2n) is 6.90. The monoisotopic (exact) mass is 439 g/mol. The van der Waals surface area contributed by atoms with Crippen LogP contribution < -0.4 is 9.62 Å². The van der Waals surface area contributed by atoms with Gasteiger partial charge < -0.3 is 9.73 Å². The number of para-hydroxylation sites is 1. The summed E-state index contributed by atoms with van der Waals surface area (Å²) in [6, 6.07) is 17.8. The lowest BCUT2D eigenvalue weighted by molar-refractivity contribution is -0.384. The first-order valence-corrected chi connectivity index (χ1v) is 11.0. The molecule has 0 saturated carbocycles. The maximum Gasteiger partial charge on any atom is 0.271 e. The Hall–Kier alpha value is -3.92. The number of carbonyl (C=O) groups is 1. The lowest BCUT2D eigenvalue weighted by Crippen LogP contribution is -2.37. The topological polar surface area (TPSA) is 123 Å². The molecule has 0 fully saturated rings. The molecule has 0 aliphatic carbocycles. The van der Waals surface area contributed by atoms with Gasteiger partial charge >= 0.3 is 0 Å². The summed E-state index contributed by atoms with van der Waals surface area (Å²) in [5, 5.41) is 15.5. The third-order valence-electron chi connectivity index (χ3n) is 4.68. The summed E-state index contributed by atoms with van der Waals surface area (Å²) in [6.45, 7) is -0.543. The number of amides is 1. The number of sulfonamides is 1. The summed E-state index contributed by atoms with van der Waals surface area (Å²) in [4.78, 5) is 23.0. The highest BCUT2D eigenvalue weighted by atomic mass is 32.2. The van der Waals surface area contributed by atoms with Crippen molar-refractivity contribution >= 4 is 54.9 Å². The molecule has 1 heterocycles. The van der Waals surface area contributed by atoms with Gasteiger partial charge in [-0.1, -0.05) is 24.3 Å². The molecule has 10 heteroatoms. The number of rotatable bonds is 6. The van der Waals surface area contributed by atoms with Crippen LogP contribution in [0, 0.1) is 10.1 Å². The van der Waals surface area contributed by atoms with Gasteiger partial charge in [0.25, 0.3) is 5.69 Å². The van der Waals surface area contributed by atoms with Crippen LogP contribution in [0.25, 0.3) is 21.9 Å². The number of nitro benzene ring substituents is 1. The number of hydrogen-bond donors (Lipinski definition) is 1. The van der Waals surface area contributed by atoms with Crippen LogP contribution in [0.1, 0.15) is 0 Å². The lowest BCUT2D eigenvalue weighted by Gasteiger charge is -2.21. The zero-order chi connectivity index (χ0) is 22.2. The van der Waals surface area contributed by atoms with E-state index in [1.165, 1.54) is 18.2 Å². The van der Waals surface area contributed by atoms with Gasteiger partial charge in [-0.05, 0) is 24.3 Å². The van der Waals surface area contributed by atoms with Crippen molar-refractivity contribution in [3.63, 3.8) is 0 Å². The number of nitro groups is 1. The van der Waals surface area contributed by atoms with Gasteiger partial charge in [-0.25, -0.2) is 8.42 Å². The Balaban J connectivity index is 1.59. The smallest absolute Gasteiger partial charge is 0.271 e. The molecule has 1 amide bonds. The van der Waals surface area contributed by atoms with E-state index in [0.717, 1.165) is 33.0 Å². The molecule has 0 saturated heterocycles. The molecule has 9 nitrogen and oxygen atoms in total. The van der Waals surface area contributed by atoms with Gasteiger partial charge in [-0.2, -0.15) is 0 Å². The summed E-state index contributed by atoms with van der Waals surface area (Å²) in [6.07, 6.45) is 0.930. The molecule has 0 unspecified atom stereocenters. The van der Waals surface area contributed by atoms with Gasteiger partial charge in [0.2, 0.25) is 15.9 Å². The molecule has 0 aliphatic rings. The minimum absolute atomic E-state index is 0.0274. The zero-order valence-corrected chi connectivity index (χ0v) is 17.1. The van der Waals surface area contributed by atoms with E-state index in [1.807, 2.05) is 30.3 Å². The summed E-state index contributed by atoms with van der Waals surface area (Å²) in [5.74, 6) is -0.604. The van der Waals surface area contributed by atoms with Gasteiger partial charge in [0, 0.05) is 34.7 Å². The number of benzene rings is 3. The average molecular weight is 439 g/mol. The Bertz CT molecular complexity index is 1430. The van der Waals surface area contributed by atoms with E-state index in [9.17, 15) is 23.3 Å². The largest absolute Gasteiger partial charge is 0.456 e. The molecule has 0 aliphatic heterocycles. The molecule has 158 valence electrons. The Morgan fingerprint density at radius 3 is 2.52 bits per heavy atom. The first-order valence-electron chi connectivity index (χ1n) is 9.16. The molecule has 4 aromatic rings. The van der Waals surface area contributed by atoms with Gasteiger partial charge in [-0.3, -0.25) is 19.2 Å². The van der Waals surface area contributed by atoms with E-state index < -0.39 is 27.4 Å². The van der Waals surface area contributed by atoms with Crippen molar-refractivity contribution in [1.82, 2.24) is 0 Å². The van der Waals surface area contributed by atoms with Crippen LogP contribution in [0.4, 0.5) is 17.1 Å². The van der Waals surface area contributed by atoms with Crippen LogP contribution in [0.5, 0.6) is 0 Å².